The van der Waals surface area contributed by atoms with Crippen LogP contribution in [0.15, 0.2) is 54.6 Å². The van der Waals surface area contributed by atoms with E-state index >= 15 is 0 Å². The summed E-state index contributed by atoms with van der Waals surface area (Å²) in [5.41, 5.74) is 2.22. The van der Waals surface area contributed by atoms with Crippen molar-refractivity contribution in [2.75, 3.05) is 20.6 Å². The molecule has 0 radical (unpaired) electrons. The highest BCUT2D eigenvalue weighted by atomic mass is 16.2. The summed E-state index contributed by atoms with van der Waals surface area (Å²) in [7, 11) is 3.96. The van der Waals surface area contributed by atoms with Crippen molar-refractivity contribution in [3.05, 3.63) is 71.3 Å². The largest absolute Gasteiger partial charge is 0.304 e. The van der Waals surface area contributed by atoms with Crippen LogP contribution in [-0.2, 0) is 6.42 Å². The van der Waals surface area contributed by atoms with Crippen LogP contribution in [0.5, 0.6) is 0 Å². The maximum absolute atomic E-state index is 12.5. The summed E-state index contributed by atoms with van der Waals surface area (Å²) in [6.45, 7) is 0.397. The summed E-state index contributed by atoms with van der Waals surface area (Å²) in [5.74, 6) is -0.379. The topological polar surface area (TPSA) is 40.6 Å². The number of hydrogen-bond donors (Lipinski definition) is 0. The molecule has 2 aromatic rings. The molecule has 1 aliphatic heterocycles. The number of hydrogen-bond acceptors (Lipinski definition) is 3. The van der Waals surface area contributed by atoms with Crippen LogP contribution < -0.4 is 0 Å². The van der Waals surface area contributed by atoms with Crippen molar-refractivity contribution in [2.24, 2.45) is 0 Å². The minimum atomic E-state index is -0.189. The molecule has 0 aliphatic carbocycles. The first kappa shape index (κ1) is 15.4. The van der Waals surface area contributed by atoms with Crippen LogP contribution in [0.2, 0.25) is 0 Å². The van der Waals surface area contributed by atoms with Crippen LogP contribution in [0.1, 0.15) is 26.3 Å². The predicted molar refractivity (Wildman–Crippen MR) is 89.4 cm³/mol. The number of fused-ring (bicyclic) bond motifs is 1. The van der Waals surface area contributed by atoms with E-state index in [9.17, 15) is 9.59 Å². The van der Waals surface area contributed by atoms with Gasteiger partial charge in [-0.15, -0.1) is 0 Å². The lowest BCUT2D eigenvalue weighted by Crippen LogP contribution is -2.44. The van der Waals surface area contributed by atoms with E-state index in [1.165, 1.54) is 10.5 Å². The van der Waals surface area contributed by atoms with E-state index in [1.807, 2.05) is 32.3 Å². The average molecular weight is 308 g/mol. The van der Waals surface area contributed by atoms with Crippen LogP contribution >= 0.6 is 0 Å². The van der Waals surface area contributed by atoms with Crippen molar-refractivity contribution in [3.63, 3.8) is 0 Å². The second-order valence-electron chi connectivity index (χ2n) is 6.07. The summed E-state index contributed by atoms with van der Waals surface area (Å²) < 4.78 is 0. The predicted octanol–water partition coefficient (Wildman–Crippen LogP) is 2.46. The van der Waals surface area contributed by atoms with Crippen molar-refractivity contribution in [3.8, 4) is 0 Å². The molecule has 4 nitrogen and oxygen atoms in total. The molecule has 2 aromatic carbocycles. The molecule has 0 saturated heterocycles. The minimum absolute atomic E-state index is 0.0830. The number of nitrogens with zero attached hydrogens (tertiary/aromatic N) is 2. The Morgan fingerprint density at radius 1 is 0.870 bits per heavy atom. The molecule has 0 bridgehead atoms. The van der Waals surface area contributed by atoms with Gasteiger partial charge >= 0.3 is 0 Å². The molecule has 0 N–H and O–H groups in total. The molecule has 1 heterocycles. The van der Waals surface area contributed by atoms with Gasteiger partial charge in [-0.1, -0.05) is 42.5 Å². The van der Waals surface area contributed by atoms with Gasteiger partial charge in [0.15, 0.2) is 0 Å². The summed E-state index contributed by atoms with van der Waals surface area (Å²) in [5, 5.41) is 0. The van der Waals surface area contributed by atoms with E-state index in [4.69, 9.17) is 0 Å². The molecule has 0 unspecified atom stereocenters. The van der Waals surface area contributed by atoms with E-state index in [-0.39, 0.29) is 17.9 Å². The van der Waals surface area contributed by atoms with E-state index in [2.05, 4.69) is 17.0 Å². The van der Waals surface area contributed by atoms with Crippen molar-refractivity contribution in [1.29, 1.82) is 0 Å². The van der Waals surface area contributed by atoms with Gasteiger partial charge in [0.05, 0.1) is 11.1 Å². The fraction of sp³-hybridized carbons (Fsp3) is 0.263. The maximum Gasteiger partial charge on any atom is 0.261 e. The summed E-state index contributed by atoms with van der Waals surface area (Å²) in [6, 6.07) is 17.2. The van der Waals surface area contributed by atoms with Gasteiger partial charge < -0.3 is 4.90 Å². The lowest BCUT2D eigenvalue weighted by atomic mass is 10.0. The number of rotatable bonds is 5. The van der Waals surface area contributed by atoms with Crippen molar-refractivity contribution in [1.82, 2.24) is 9.80 Å². The molecule has 1 atom stereocenters. The Labute approximate surface area is 136 Å². The average Bonchev–Trinajstić information content (AvgIpc) is 2.80. The standard InChI is InChI=1S/C19H20N2O2/c1-20(2)15(12-14-8-4-3-5-9-14)13-21-18(22)16-10-6-7-11-17(16)19(21)23/h3-11,15H,12-13H2,1-2H3/t15-/m0/s1. The zero-order valence-corrected chi connectivity index (χ0v) is 13.4. The highest BCUT2D eigenvalue weighted by molar-refractivity contribution is 6.21. The highest BCUT2D eigenvalue weighted by Crippen LogP contribution is 2.23. The fourth-order valence-electron chi connectivity index (χ4n) is 2.91. The number of carbonyl (C=O) groups is 2. The Kier molecular flexibility index (Phi) is 4.26. The third-order valence-electron chi connectivity index (χ3n) is 4.32. The van der Waals surface area contributed by atoms with Gasteiger partial charge in [0.2, 0.25) is 0 Å². The SMILES string of the molecule is CN(C)[C@@H](Cc1ccccc1)CN1C(=O)c2ccccc2C1=O. The smallest absolute Gasteiger partial charge is 0.261 e. The third kappa shape index (κ3) is 3.03. The van der Waals surface area contributed by atoms with Gasteiger partial charge in [0.25, 0.3) is 11.8 Å². The molecule has 2 amide bonds. The van der Waals surface area contributed by atoms with E-state index < -0.39 is 0 Å². The van der Waals surface area contributed by atoms with Gasteiger partial charge in [-0.2, -0.15) is 0 Å². The number of imide groups is 1. The Balaban J connectivity index is 1.79. The molecule has 3 rings (SSSR count). The lowest BCUT2D eigenvalue weighted by Gasteiger charge is -2.28. The Morgan fingerprint density at radius 2 is 1.39 bits per heavy atom. The molecule has 4 heteroatoms. The summed E-state index contributed by atoms with van der Waals surface area (Å²) >= 11 is 0. The molecular formula is C19H20N2O2. The maximum atomic E-state index is 12.5. The molecular weight excluding hydrogens is 288 g/mol. The Morgan fingerprint density at radius 3 is 1.91 bits per heavy atom. The van der Waals surface area contributed by atoms with Gasteiger partial charge in [-0.3, -0.25) is 14.5 Å². The molecule has 1 aliphatic rings. The van der Waals surface area contributed by atoms with Crippen molar-refractivity contribution >= 4 is 11.8 Å². The van der Waals surface area contributed by atoms with Gasteiger partial charge in [0.1, 0.15) is 0 Å². The second kappa shape index (κ2) is 6.34. The molecule has 23 heavy (non-hydrogen) atoms. The quantitative estimate of drug-likeness (QED) is 0.797. The van der Waals surface area contributed by atoms with Crippen LogP contribution in [0, 0.1) is 0 Å². The first-order valence-corrected chi connectivity index (χ1v) is 7.73. The van der Waals surface area contributed by atoms with Crippen LogP contribution in [0.4, 0.5) is 0 Å². The lowest BCUT2D eigenvalue weighted by molar-refractivity contribution is 0.0612. The summed E-state index contributed by atoms with van der Waals surface area (Å²) in [6.07, 6.45) is 0.793. The van der Waals surface area contributed by atoms with Crippen LogP contribution in [0.3, 0.4) is 0 Å². The normalized spacial score (nSPS) is 15.2. The molecule has 0 saturated carbocycles. The van der Waals surface area contributed by atoms with E-state index in [0.717, 1.165) is 6.42 Å². The number of benzene rings is 2. The minimum Gasteiger partial charge on any atom is -0.304 e. The van der Waals surface area contributed by atoms with Crippen molar-refractivity contribution in [2.45, 2.75) is 12.5 Å². The first-order valence-electron chi connectivity index (χ1n) is 7.73. The molecule has 0 aromatic heterocycles. The van der Waals surface area contributed by atoms with Gasteiger partial charge in [-0.05, 0) is 38.2 Å². The van der Waals surface area contributed by atoms with E-state index in [1.54, 1.807) is 24.3 Å². The molecule has 0 spiro atoms. The zero-order chi connectivity index (χ0) is 16.4. The fourth-order valence-corrected chi connectivity index (χ4v) is 2.91. The van der Waals surface area contributed by atoms with Crippen molar-refractivity contribution < 1.29 is 9.59 Å². The highest BCUT2D eigenvalue weighted by Gasteiger charge is 2.36. The zero-order valence-electron chi connectivity index (χ0n) is 13.4. The molecule has 0 fully saturated rings. The first-order chi connectivity index (χ1) is 11.1. The van der Waals surface area contributed by atoms with Gasteiger partial charge in [0, 0.05) is 12.6 Å². The van der Waals surface area contributed by atoms with Crippen LogP contribution in [0.25, 0.3) is 0 Å². The number of amides is 2. The van der Waals surface area contributed by atoms with Gasteiger partial charge in [-0.25, -0.2) is 0 Å². The Bertz CT molecular complexity index is 690. The Hall–Kier alpha value is -2.46. The third-order valence-corrected chi connectivity index (χ3v) is 4.32. The van der Waals surface area contributed by atoms with Crippen LogP contribution in [-0.4, -0.2) is 48.3 Å². The number of likely N-dealkylation sites (N-methyl/N-ethyl adjacent to an activating group) is 1. The van der Waals surface area contributed by atoms with E-state index in [0.29, 0.717) is 17.7 Å². The summed E-state index contributed by atoms with van der Waals surface area (Å²) in [4.78, 5) is 28.4. The molecule has 118 valence electrons. The second-order valence-corrected chi connectivity index (χ2v) is 6.07. The number of carbonyl (C=O) groups excluding carboxylic acids is 2. The monoisotopic (exact) mass is 308 g/mol.